The van der Waals surface area contributed by atoms with Gasteiger partial charge >= 0.3 is 0 Å². The number of primary amides is 1. The fourth-order valence-electron chi connectivity index (χ4n) is 4.29. The van der Waals surface area contributed by atoms with E-state index >= 15 is 0 Å². The van der Waals surface area contributed by atoms with Crippen LogP contribution in [0.5, 0.6) is 0 Å². The Morgan fingerprint density at radius 3 is 2.47 bits per heavy atom. The molecule has 1 unspecified atom stereocenters. The van der Waals surface area contributed by atoms with Crippen molar-refractivity contribution in [2.45, 2.75) is 30.1 Å². The number of fused-ring (bicyclic) bond motifs is 1. The molecule has 0 spiro atoms. The molecule has 0 aliphatic carbocycles. The molecule has 7 nitrogen and oxygen atoms in total. The summed E-state index contributed by atoms with van der Waals surface area (Å²) in [5.74, 6) is -1.06. The topological polar surface area (TPSA) is 110 Å². The number of amides is 2. The zero-order valence-corrected chi connectivity index (χ0v) is 17.4. The van der Waals surface area contributed by atoms with Crippen LogP contribution in [0.3, 0.4) is 0 Å². The number of hydrogen-bond donors (Lipinski definition) is 2. The molecule has 0 aromatic heterocycles. The highest BCUT2D eigenvalue weighted by molar-refractivity contribution is 7.91. The summed E-state index contributed by atoms with van der Waals surface area (Å²) in [6.45, 7) is 1.47. The van der Waals surface area contributed by atoms with E-state index in [0.29, 0.717) is 11.3 Å². The van der Waals surface area contributed by atoms with Gasteiger partial charge in [-0.05, 0) is 49.1 Å². The molecule has 0 bridgehead atoms. The molecule has 8 heteroatoms. The molecule has 2 amide bonds. The summed E-state index contributed by atoms with van der Waals surface area (Å²) < 4.78 is 24.6. The Labute approximate surface area is 176 Å². The summed E-state index contributed by atoms with van der Waals surface area (Å²) in [4.78, 5) is 26.8. The van der Waals surface area contributed by atoms with Crippen molar-refractivity contribution in [2.24, 2.45) is 11.7 Å². The fourth-order valence-corrected chi connectivity index (χ4v) is 5.92. The van der Waals surface area contributed by atoms with E-state index in [-0.39, 0.29) is 34.8 Å². The highest BCUT2D eigenvalue weighted by Crippen LogP contribution is 2.34. The zero-order valence-electron chi connectivity index (χ0n) is 16.6. The number of sulfone groups is 1. The SMILES string of the molecule is NC(=O)C1CCN(c2cccc(NC(=O)C3CCS(=O)(=O)c4ccccc43)c2)CC1. The number of nitrogens with one attached hydrogen (secondary N) is 1. The number of nitrogens with two attached hydrogens (primary N) is 1. The highest BCUT2D eigenvalue weighted by Gasteiger charge is 2.34. The minimum atomic E-state index is -3.33. The zero-order chi connectivity index (χ0) is 21.3. The van der Waals surface area contributed by atoms with Gasteiger partial charge in [0.05, 0.1) is 16.6 Å². The molecular weight excluding hydrogens is 402 g/mol. The molecule has 3 N–H and O–H groups in total. The van der Waals surface area contributed by atoms with Crippen LogP contribution in [0, 0.1) is 5.92 Å². The van der Waals surface area contributed by atoms with Gasteiger partial charge in [0, 0.05) is 30.4 Å². The minimum absolute atomic E-state index is 0.0308. The summed E-state index contributed by atoms with van der Waals surface area (Å²) >= 11 is 0. The van der Waals surface area contributed by atoms with Crippen LogP contribution in [0.1, 0.15) is 30.7 Å². The van der Waals surface area contributed by atoms with Gasteiger partial charge in [-0.3, -0.25) is 9.59 Å². The second kappa shape index (κ2) is 8.10. The van der Waals surface area contributed by atoms with Gasteiger partial charge in [-0.15, -0.1) is 0 Å². The van der Waals surface area contributed by atoms with Crippen LogP contribution in [-0.4, -0.2) is 39.1 Å². The van der Waals surface area contributed by atoms with Crippen molar-refractivity contribution in [3.63, 3.8) is 0 Å². The second-order valence-corrected chi connectivity index (χ2v) is 9.98. The maximum atomic E-state index is 13.0. The smallest absolute Gasteiger partial charge is 0.231 e. The lowest BCUT2D eigenvalue weighted by atomic mass is 9.94. The van der Waals surface area contributed by atoms with Gasteiger partial charge in [0.25, 0.3) is 0 Å². The first-order valence-corrected chi connectivity index (χ1v) is 11.8. The number of nitrogens with zero attached hydrogens (tertiary/aromatic N) is 1. The van der Waals surface area contributed by atoms with Crippen LogP contribution in [0.4, 0.5) is 11.4 Å². The minimum Gasteiger partial charge on any atom is -0.371 e. The molecule has 1 saturated heterocycles. The molecule has 158 valence electrons. The van der Waals surface area contributed by atoms with Gasteiger partial charge in [-0.2, -0.15) is 0 Å². The number of rotatable bonds is 4. The summed E-state index contributed by atoms with van der Waals surface area (Å²) in [6.07, 6.45) is 1.71. The van der Waals surface area contributed by atoms with Gasteiger partial charge in [-0.25, -0.2) is 8.42 Å². The Hall–Kier alpha value is -2.87. The van der Waals surface area contributed by atoms with Gasteiger partial charge in [-0.1, -0.05) is 24.3 Å². The highest BCUT2D eigenvalue weighted by atomic mass is 32.2. The summed E-state index contributed by atoms with van der Waals surface area (Å²) in [6, 6.07) is 14.3. The van der Waals surface area contributed by atoms with Crippen LogP contribution in [-0.2, 0) is 19.4 Å². The fraction of sp³-hybridized carbons (Fsp3) is 0.364. The van der Waals surface area contributed by atoms with Crippen molar-refractivity contribution >= 4 is 33.0 Å². The summed E-state index contributed by atoms with van der Waals surface area (Å²) in [5, 5.41) is 2.95. The number of carbonyl (C=O) groups excluding carboxylic acids is 2. The van der Waals surface area contributed by atoms with E-state index in [1.165, 1.54) is 0 Å². The maximum Gasteiger partial charge on any atom is 0.231 e. The van der Waals surface area contributed by atoms with Crippen molar-refractivity contribution < 1.29 is 18.0 Å². The maximum absolute atomic E-state index is 13.0. The molecular formula is C22H25N3O4S. The lowest BCUT2D eigenvalue weighted by Crippen LogP contribution is -2.38. The largest absolute Gasteiger partial charge is 0.371 e. The molecule has 4 rings (SSSR count). The Morgan fingerprint density at radius 1 is 1.00 bits per heavy atom. The number of hydrogen-bond acceptors (Lipinski definition) is 5. The van der Waals surface area contributed by atoms with Gasteiger partial charge < -0.3 is 16.0 Å². The molecule has 2 aliphatic rings. The van der Waals surface area contributed by atoms with Crippen molar-refractivity contribution in [1.82, 2.24) is 0 Å². The molecule has 0 saturated carbocycles. The number of piperidine rings is 1. The van der Waals surface area contributed by atoms with Crippen LogP contribution < -0.4 is 16.0 Å². The van der Waals surface area contributed by atoms with Crippen LogP contribution >= 0.6 is 0 Å². The average Bonchev–Trinajstić information content (AvgIpc) is 2.74. The third-order valence-corrected chi connectivity index (χ3v) is 7.81. The van der Waals surface area contributed by atoms with Crippen molar-refractivity contribution in [3.05, 3.63) is 54.1 Å². The standard InChI is InChI=1S/C22H25N3O4S/c23-21(26)15-8-11-25(12-9-15)17-5-3-4-16(14-17)24-22(27)19-10-13-30(28,29)20-7-2-1-6-18(19)20/h1-7,14-15,19H,8-13H2,(H2,23,26)(H,24,27). The van der Waals surface area contributed by atoms with Crippen LogP contribution in [0.15, 0.2) is 53.4 Å². The molecule has 2 aliphatic heterocycles. The van der Waals surface area contributed by atoms with E-state index in [2.05, 4.69) is 10.2 Å². The first-order valence-electron chi connectivity index (χ1n) is 10.1. The van der Waals surface area contributed by atoms with Crippen LogP contribution in [0.25, 0.3) is 0 Å². The quantitative estimate of drug-likeness (QED) is 0.778. The van der Waals surface area contributed by atoms with E-state index in [4.69, 9.17) is 5.73 Å². The van der Waals surface area contributed by atoms with Crippen molar-refractivity contribution in [2.75, 3.05) is 29.1 Å². The lowest BCUT2D eigenvalue weighted by Gasteiger charge is -2.32. The second-order valence-electron chi connectivity index (χ2n) is 7.90. The molecule has 30 heavy (non-hydrogen) atoms. The van der Waals surface area contributed by atoms with Gasteiger partial charge in [0.15, 0.2) is 9.84 Å². The monoisotopic (exact) mass is 427 g/mol. The van der Waals surface area contributed by atoms with Gasteiger partial charge in [0.2, 0.25) is 11.8 Å². The lowest BCUT2D eigenvalue weighted by molar-refractivity contribution is -0.122. The van der Waals surface area contributed by atoms with E-state index < -0.39 is 15.8 Å². The normalized spacial score (nSPS) is 20.9. The molecule has 2 aromatic carbocycles. The molecule has 1 fully saturated rings. The first-order chi connectivity index (χ1) is 14.3. The van der Waals surface area contributed by atoms with E-state index in [1.54, 1.807) is 24.3 Å². The number of anilines is 2. The molecule has 1 atom stereocenters. The predicted octanol–water partition coefficient (Wildman–Crippen LogP) is 2.29. The van der Waals surface area contributed by atoms with E-state index in [9.17, 15) is 18.0 Å². The van der Waals surface area contributed by atoms with Crippen molar-refractivity contribution in [3.8, 4) is 0 Å². The Balaban J connectivity index is 1.49. The van der Waals surface area contributed by atoms with E-state index in [0.717, 1.165) is 31.6 Å². The Morgan fingerprint density at radius 2 is 1.73 bits per heavy atom. The Kier molecular flexibility index (Phi) is 5.51. The number of carbonyl (C=O) groups is 2. The molecule has 0 radical (unpaired) electrons. The predicted molar refractivity (Wildman–Crippen MR) is 115 cm³/mol. The summed E-state index contributed by atoms with van der Waals surface area (Å²) in [5.41, 5.74) is 7.61. The number of benzene rings is 2. The Bertz CT molecular complexity index is 1080. The molecule has 2 heterocycles. The third kappa shape index (κ3) is 4.05. The third-order valence-electron chi connectivity index (χ3n) is 6.00. The average molecular weight is 428 g/mol. The van der Waals surface area contributed by atoms with Crippen molar-refractivity contribution in [1.29, 1.82) is 0 Å². The molecule has 2 aromatic rings. The summed E-state index contributed by atoms with van der Waals surface area (Å²) in [7, 11) is -3.33. The van der Waals surface area contributed by atoms with Gasteiger partial charge in [0.1, 0.15) is 0 Å². The van der Waals surface area contributed by atoms with Crippen LogP contribution in [0.2, 0.25) is 0 Å². The van der Waals surface area contributed by atoms with E-state index in [1.807, 2.05) is 24.3 Å². The first kappa shape index (κ1) is 20.4.